The maximum atomic E-state index is 15.5. The lowest BCUT2D eigenvalue weighted by molar-refractivity contribution is -0.276. The molecule has 1 nitrogen and oxygen atoms in total. The first-order chi connectivity index (χ1) is 16.1. The molecule has 2 aliphatic carbocycles. The summed E-state index contributed by atoms with van der Waals surface area (Å²) in [6.45, 7) is 2.12. The second kappa shape index (κ2) is 9.62. The van der Waals surface area contributed by atoms with Gasteiger partial charge in [0.15, 0.2) is 11.6 Å². The van der Waals surface area contributed by atoms with Gasteiger partial charge >= 0.3 is 6.36 Å². The van der Waals surface area contributed by atoms with E-state index < -0.39 is 46.5 Å². The van der Waals surface area contributed by atoms with E-state index in [2.05, 4.69) is 23.8 Å². The zero-order valence-electron chi connectivity index (χ0n) is 18.6. The number of rotatable bonds is 5. The van der Waals surface area contributed by atoms with Gasteiger partial charge in [-0.15, -0.1) is 13.2 Å². The molecule has 2 aliphatic rings. The monoisotopic (exact) mass is 486 g/mol. The number of halogens is 7. The number of hydrogen-bond acceptors (Lipinski definition) is 1. The van der Waals surface area contributed by atoms with Gasteiger partial charge < -0.3 is 4.74 Å². The molecule has 0 amide bonds. The fraction of sp³-hybridized carbons (Fsp3) is 0.462. The molecule has 0 bridgehead atoms. The highest BCUT2D eigenvalue weighted by molar-refractivity contribution is 5.68. The van der Waals surface area contributed by atoms with Crippen molar-refractivity contribution in [2.75, 3.05) is 0 Å². The van der Waals surface area contributed by atoms with E-state index in [1.807, 2.05) is 0 Å². The van der Waals surface area contributed by atoms with Crippen LogP contribution in [0.2, 0.25) is 0 Å². The fourth-order valence-corrected chi connectivity index (χ4v) is 5.43. The van der Waals surface area contributed by atoms with E-state index in [0.717, 1.165) is 38.5 Å². The molecule has 184 valence electrons. The number of alkyl halides is 3. The van der Waals surface area contributed by atoms with Crippen LogP contribution >= 0.6 is 0 Å². The topological polar surface area (TPSA) is 9.23 Å². The van der Waals surface area contributed by atoms with Crippen LogP contribution in [0.5, 0.6) is 5.75 Å². The average Bonchev–Trinajstić information content (AvgIpc) is 2.75. The molecule has 2 aromatic rings. The van der Waals surface area contributed by atoms with E-state index in [9.17, 15) is 22.0 Å². The van der Waals surface area contributed by atoms with Gasteiger partial charge in [0.25, 0.3) is 0 Å². The average molecular weight is 486 g/mol. The molecule has 8 heteroatoms. The van der Waals surface area contributed by atoms with E-state index in [4.69, 9.17) is 0 Å². The molecule has 0 saturated heterocycles. The van der Waals surface area contributed by atoms with Crippen LogP contribution in [-0.4, -0.2) is 6.36 Å². The molecule has 0 aliphatic heterocycles. The second-order valence-electron chi connectivity index (χ2n) is 9.13. The lowest BCUT2D eigenvalue weighted by Gasteiger charge is -2.40. The molecule has 0 radical (unpaired) electrons. The van der Waals surface area contributed by atoms with Crippen LogP contribution in [0.1, 0.15) is 62.5 Å². The molecule has 1 fully saturated rings. The Hall–Kier alpha value is -2.51. The van der Waals surface area contributed by atoms with Gasteiger partial charge in [0, 0.05) is 0 Å². The summed E-state index contributed by atoms with van der Waals surface area (Å²) < 4.78 is 99.5. The molecule has 1 saturated carbocycles. The Morgan fingerprint density at radius 1 is 0.971 bits per heavy atom. The highest BCUT2D eigenvalue weighted by atomic mass is 19.4. The van der Waals surface area contributed by atoms with Crippen molar-refractivity contribution in [3.63, 3.8) is 0 Å². The predicted molar refractivity (Wildman–Crippen MR) is 114 cm³/mol. The Kier molecular flexibility index (Phi) is 6.97. The lowest BCUT2D eigenvalue weighted by atomic mass is 9.65. The van der Waals surface area contributed by atoms with E-state index in [0.29, 0.717) is 41.5 Å². The Morgan fingerprint density at radius 3 is 2.32 bits per heavy atom. The van der Waals surface area contributed by atoms with Crippen molar-refractivity contribution in [2.24, 2.45) is 11.8 Å². The smallest absolute Gasteiger partial charge is 0.399 e. The van der Waals surface area contributed by atoms with Gasteiger partial charge in [-0.05, 0) is 91.2 Å². The molecule has 0 heterocycles. The summed E-state index contributed by atoms with van der Waals surface area (Å²) in [6, 6.07) is 2.14. The maximum absolute atomic E-state index is 15.5. The summed E-state index contributed by atoms with van der Waals surface area (Å²) >= 11 is 0. The quantitative estimate of drug-likeness (QED) is 0.304. The van der Waals surface area contributed by atoms with Crippen molar-refractivity contribution in [3.8, 4) is 16.9 Å². The van der Waals surface area contributed by atoms with Crippen LogP contribution in [0, 0.1) is 35.1 Å². The van der Waals surface area contributed by atoms with E-state index in [-0.39, 0.29) is 5.92 Å². The number of unbranched alkanes of at least 4 members (excludes halogenated alkanes) is 1. The van der Waals surface area contributed by atoms with Crippen LogP contribution in [-0.2, 0) is 6.42 Å². The maximum Gasteiger partial charge on any atom is 0.573 e. The molecular weight excluding hydrogens is 461 g/mol. The van der Waals surface area contributed by atoms with Crippen molar-refractivity contribution >= 4 is 0 Å². The van der Waals surface area contributed by atoms with Gasteiger partial charge in [0.2, 0.25) is 5.75 Å². The predicted octanol–water partition coefficient (Wildman–Crippen LogP) is 8.61. The Labute approximate surface area is 193 Å². The second-order valence-corrected chi connectivity index (χ2v) is 9.13. The van der Waals surface area contributed by atoms with E-state index >= 15 is 8.78 Å². The molecule has 4 rings (SSSR count). The summed E-state index contributed by atoms with van der Waals surface area (Å²) in [5.74, 6) is -6.21. The molecular formula is C26H25F7O. The van der Waals surface area contributed by atoms with Gasteiger partial charge in [-0.25, -0.2) is 17.6 Å². The van der Waals surface area contributed by atoms with Crippen LogP contribution in [0.4, 0.5) is 30.7 Å². The summed E-state index contributed by atoms with van der Waals surface area (Å²) in [5.41, 5.74) is -0.267. The molecule has 3 atom stereocenters. The summed E-state index contributed by atoms with van der Waals surface area (Å²) in [5, 5.41) is 0. The minimum Gasteiger partial charge on any atom is -0.399 e. The van der Waals surface area contributed by atoms with E-state index in [1.54, 1.807) is 0 Å². The third-order valence-electron chi connectivity index (χ3n) is 6.91. The highest BCUT2D eigenvalue weighted by Gasteiger charge is 2.38. The minimum absolute atomic E-state index is 0.00802. The minimum atomic E-state index is -5.31. The number of benzene rings is 2. The van der Waals surface area contributed by atoms with Crippen molar-refractivity contribution < 1.29 is 35.5 Å². The van der Waals surface area contributed by atoms with Crippen molar-refractivity contribution in [1.29, 1.82) is 0 Å². The first-order valence-electron chi connectivity index (χ1n) is 11.5. The first-order valence-corrected chi connectivity index (χ1v) is 11.5. The molecule has 3 unspecified atom stereocenters. The third kappa shape index (κ3) is 4.96. The van der Waals surface area contributed by atoms with Gasteiger partial charge in [-0.3, -0.25) is 0 Å². The number of ether oxygens (including phenoxy) is 1. The van der Waals surface area contributed by atoms with E-state index in [1.165, 1.54) is 6.07 Å². The Bertz CT molecular complexity index is 1070. The van der Waals surface area contributed by atoms with Gasteiger partial charge in [-0.1, -0.05) is 25.5 Å². The highest BCUT2D eigenvalue weighted by Crippen LogP contribution is 2.49. The zero-order valence-corrected chi connectivity index (χ0v) is 18.6. The number of hydrogen-bond donors (Lipinski definition) is 0. The van der Waals surface area contributed by atoms with Gasteiger partial charge in [-0.2, -0.15) is 0 Å². The summed E-state index contributed by atoms with van der Waals surface area (Å²) in [4.78, 5) is 0. The first kappa shape index (κ1) is 24.6. The molecule has 34 heavy (non-hydrogen) atoms. The third-order valence-corrected chi connectivity index (χ3v) is 6.91. The van der Waals surface area contributed by atoms with Gasteiger partial charge in [0.1, 0.15) is 11.6 Å². The zero-order chi connectivity index (χ0) is 24.6. The number of allylic oxidation sites excluding steroid dienone is 2. The van der Waals surface area contributed by atoms with Crippen LogP contribution in [0.25, 0.3) is 11.1 Å². The number of fused-ring (bicyclic) bond motifs is 3. The largest absolute Gasteiger partial charge is 0.573 e. The summed E-state index contributed by atoms with van der Waals surface area (Å²) in [6.07, 6.45) is 4.98. The standard InChI is InChI=1S/C26H25F7O/c1-2-3-4-5-14-6-8-17-15(10-14)7-9-18-19(17)13-20(27)23(24(18)30)16-11-21(28)25(22(29)12-16)34-26(31,32)33/h4-5,11-15,17H,2-3,6-10H2,1H3/b5-4+. The normalized spacial score (nSPS) is 22.5. The summed E-state index contributed by atoms with van der Waals surface area (Å²) in [7, 11) is 0. The fourth-order valence-electron chi connectivity index (χ4n) is 5.43. The SMILES string of the molecule is CCC/C=C/C1CCC2c3cc(F)c(-c4cc(F)c(OC(F)(F)F)c(F)c4)c(F)c3CCC2C1. The lowest BCUT2D eigenvalue weighted by Crippen LogP contribution is -2.28. The van der Waals surface area contributed by atoms with Crippen molar-refractivity contribution in [2.45, 2.75) is 64.1 Å². The molecule has 0 N–H and O–H groups in total. The van der Waals surface area contributed by atoms with Crippen molar-refractivity contribution in [1.82, 2.24) is 0 Å². The van der Waals surface area contributed by atoms with Crippen molar-refractivity contribution in [3.05, 3.63) is 64.7 Å². The van der Waals surface area contributed by atoms with Crippen LogP contribution in [0.3, 0.4) is 0 Å². The molecule has 0 aromatic heterocycles. The Morgan fingerprint density at radius 2 is 1.68 bits per heavy atom. The Balaban J connectivity index is 1.65. The molecule has 0 spiro atoms. The van der Waals surface area contributed by atoms with Crippen LogP contribution in [0.15, 0.2) is 30.4 Å². The molecule has 2 aromatic carbocycles. The van der Waals surface area contributed by atoms with Crippen LogP contribution < -0.4 is 4.74 Å². The van der Waals surface area contributed by atoms with Gasteiger partial charge in [0.05, 0.1) is 5.56 Å².